The third kappa shape index (κ3) is 4.84. The van der Waals surface area contributed by atoms with Crippen molar-refractivity contribution in [2.75, 3.05) is 0 Å². The Morgan fingerprint density at radius 2 is 1.78 bits per heavy atom. The molecule has 1 fully saturated rings. The van der Waals surface area contributed by atoms with E-state index in [4.69, 9.17) is 23.2 Å². The van der Waals surface area contributed by atoms with E-state index in [2.05, 4.69) is 0 Å². The predicted octanol–water partition coefficient (Wildman–Crippen LogP) is 5.90. The molecule has 4 atom stereocenters. The molecule has 32 heavy (non-hydrogen) atoms. The second-order valence-corrected chi connectivity index (χ2v) is 9.61. The minimum absolute atomic E-state index is 0.135. The number of carbonyl (C=O) groups excluding carboxylic acids is 2. The van der Waals surface area contributed by atoms with Gasteiger partial charge in [0.2, 0.25) is 5.91 Å². The molecule has 2 aromatic carbocycles. The maximum atomic E-state index is 13.8. The zero-order valence-corrected chi connectivity index (χ0v) is 19.9. The molecule has 1 saturated heterocycles. The van der Waals surface area contributed by atoms with Crippen molar-refractivity contribution in [1.29, 1.82) is 0 Å². The van der Waals surface area contributed by atoms with Crippen LogP contribution in [-0.4, -0.2) is 33.7 Å². The number of nitrogens with zero attached hydrogens (tertiary/aromatic N) is 1. The highest BCUT2D eigenvalue weighted by molar-refractivity contribution is 6.30. The van der Waals surface area contributed by atoms with Crippen LogP contribution in [0.2, 0.25) is 10.0 Å². The van der Waals surface area contributed by atoms with Crippen LogP contribution < -0.4 is 0 Å². The first-order valence-corrected chi connectivity index (χ1v) is 11.4. The fourth-order valence-electron chi connectivity index (χ4n) is 4.90. The molecule has 170 valence electrons. The topological polar surface area (TPSA) is 74.7 Å². The molecule has 0 saturated carbocycles. The molecule has 1 heterocycles. The van der Waals surface area contributed by atoms with Gasteiger partial charge in [-0.3, -0.25) is 14.4 Å². The average Bonchev–Trinajstić information content (AvgIpc) is 2.71. The summed E-state index contributed by atoms with van der Waals surface area (Å²) >= 11 is 12.4. The first-order valence-electron chi connectivity index (χ1n) is 10.6. The van der Waals surface area contributed by atoms with E-state index in [1.165, 1.54) is 6.92 Å². The molecule has 3 rings (SSSR count). The SMILES string of the molecule is CCC(C(C)=O)N1C(=O)[C@@](C)(CC(=O)O)C[C@H](c2cccc(Cl)c2)[C@H]1c1ccc(Cl)cc1. The number of carboxylic acid groups (broad SMARTS) is 1. The minimum Gasteiger partial charge on any atom is -0.481 e. The summed E-state index contributed by atoms with van der Waals surface area (Å²) in [7, 11) is 0. The van der Waals surface area contributed by atoms with Gasteiger partial charge in [0.05, 0.1) is 23.9 Å². The number of hydrogen-bond acceptors (Lipinski definition) is 3. The second-order valence-electron chi connectivity index (χ2n) is 8.74. The van der Waals surface area contributed by atoms with Gasteiger partial charge in [-0.25, -0.2) is 0 Å². The molecule has 1 N–H and O–H groups in total. The first kappa shape index (κ1) is 24.3. The molecule has 1 aliphatic rings. The van der Waals surface area contributed by atoms with E-state index in [0.717, 1.165) is 11.1 Å². The smallest absolute Gasteiger partial charge is 0.304 e. The third-order valence-electron chi connectivity index (χ3n) is 6.32. The van der Waals surface area contributed by atoms with E-state index < -0.39 is 23.5 Å². The lowest BCUT2D eigenvalue weighted by Gasteiger charge is -2.51. The van der Waals surface area contributed by atoms with Crippen molar-refractivity contribution in [2.24, 2.45) is 5.41 Å². The number of ketones is 1. The van der Waals surface area contributed by atoms with Crippen LogP contribution in [0.25, 0.3) is 0 Å². The Morgan fingerprint density at radius 3 is 2.31 bits per heavy atom. The zero-order chi connectivity index (χ0) is 23.6. The second kappa shape index (κ2) is 9.63. The number of amides is 1. The van der Waals surface area contributed by atoms with Gasteiger partial charge in [0.15, 0.2) is 5.78 Å². The molecule has 0 radical (unpaired) electrons. The Kier molecular flexibility index (Phi) is 7.31. The fourth-order valence-corrected chi connectivity index (χ4v) is 5.23. The van der Waals surface area contributed by atoms with Gasteiger partial charge in [-0.1, -0.05) is 61.3 Å². The van der Waals surface area contributed by atoms with Gasteiger partial charge in [0, 0.05) is 16.0 Å². The number of halogens is 2. The summed E-state index contributed by atoms with van der Waals surface area (Å²) < 4.78 is 0. The van der Waals surface area contributed by atoms with Gasteiger partial charge in [-0.2, -0.15) is 0 Å². The maximum Gasteiger partial charge on any atom is 0.304 e. The highest BCUT2D eigenvalue weighted by atomic mass is 35.5. The summed E-state index contributed by atoms with van der Waals surface area (Å²) in [5.74, 6) is -1.76. The lowest BCUT2D eigenvalue weighted by molar-refractivity contribution is -0.162. The summed E-state index contributed by atoms with van der Waals surface area (Å²) in [6, 6.07) is 13.5. The molecular weight excluding hydrogens is 449 g/mol. The van der Waals surface area contributed by atoms with Crippen LogP contribution in [0.1, 0.15) is 63.1 Å². The Hall–Kier alpha value is -2.37. The largest absolute Gasteiger partial charge is 0.481 e. The van der Waals surface area contributed by atoms with Crippen molar-refractivity contribution in [3.8, 4) is 0 Å². The van der Waals surface area contributed by atoms with Gasteiger partial charge in [0.1, 0.15) is 0 Å². The van der Waals surface area contributed by atoms with E-state index in [9.17, 15) is 19.5 Å². The van der Waals surface area contributed by atoms with Crippen molar-refractivity contribution in [3.05, 3.63) is 69.7 Å². The molecule has 1 unspecified atom stereocenters. The lowest BCUT2D eigenvalue weighted by Crippen LogP contribution is -2.57. The molecule has 0 bridgehead atoms. The number of Topliss-reactive ketones (excluding diaryl/α,β-unsaturated/α-hetero) is 1. The Balaban J connectivity index is 2.26. The van der Waals surface area contributed by atoms with Gasteiger partial charge >= 0.3 is 5.97 Å². The lowest BCUT2D eigenvalue weighted by atomic mass is 9.67. The van der Waals surface area contributed by atoms with E-state index in [-0.39, 0.29) is 24.0 Å². The first-order chi connectivity index (χ1) is 15.1. The van der Waals surface area contributed by atoms with Crippen molar-refractivity contribution in [1.82, 2.24) is 4.90 Å². The van der Waals surface area contributed by atoms with Gasteiger partial charge in [-0.15, -0.1) is 0 Å². The van der Waals surface area contributed by atoms with Gasteiger partial charge in [0.25, 0.3) is 0 Å². The van der Waals surface area contributed by atoms with Crippen molar-refractivity contribution in [3.63, 3.8) is 0 Å². The van der Waals surface area contributed by atoms with Crippen LogP contribution in [-0.2, 0) is 14.4 Å². The third-order valence-corrected chi connectivity index (χ3v) is 6.81. The van der Waals surface area contributed by atoms with E-state index in [1.807, 2.05) is 37.3 Å². The highest BCUT2D eigenvalue weighted by Gasteiger charge is 2.52. The molecule has 1 aliphatic heterocycles. The molecule has 0 aromatic heterocycles. The normalized spacial score (nSPS) is 24.3. The molecule has 0 aliphatic carbocycles. The maximum absolute atomic E-state index is 13.8. The van der Waals surface area contributed by atoms with Crippen LogP contribution in [0.4, 0.5) is 0 Å². The average molecular weight is 476 g/mol. The summed E-state index contributed by atoms with van der Waals surface area (Å²) in [6.07, 6.45) is 0.425. The Morgan fingerprint density at radius 1 is 1.12 bits per heavy atom. The van der Waals surface area contributed by atoms with Crippen LogP contribution in [0.15, 0.2) is 48.5 Å². The predicted molar refractivity (Wildman–Crippen MR) is 125 cm³/mol. The quantitative estimate of drug-likeness (QED) is 0.540. The Labute approximate surface area is 198 Å². The monoisotopic (exact) mass is 475 g/mol. The summed E-state index contributed by atoms with van der Waals surface area (Å²) in [6.45, 7) is 5.01. The highest BCUT2D eigenvalue weighted by Crippen LogP contribution is 2.52. The molecule has 7 heteroatoms. The fraction of sp³-hybridized carbons (Fsp3) is 0.400. The van der Waals surface area contributed by atoms with Gasteiger partial charge in [-0.05, 0) is 55.2 Å². The van der Waals surface area contributed by atoms with Crippen LogP contribution >= 0.6 is 23.2 Å². The van der Waals surface area contributed by atoms with E-state index >= 15 is 0 Å². The summed E-state index contributed by atoms with van der Waals surface area (Å²) in [5.41, 5.74) is 0.569. The van der Waals surface area contributed by atoms with Crippen LogP contribution in [0.5, 0.6) is 0 Å². The standard InChI is InChI=1S/C25H27Cl2NO4/c1-4-21(15(2)29)28-23(16-8-10-18(26)11-9-16)20(17-6-5-7-19(27)12-17)13-25(3,24(28)32)14-22(30)31/h5-12,20-21,23H,4,13-14H2,1-3H3,(H,30,31)/t20-,21?,23-,25-/m1/s1. The Bertz CT molecular complexity index is 1020. The number of aliphatic carboxylic acids is 1. The molecule has 1 amide bonds. The van der Waals surface area contributed by atoms with Gasteiger partial charge < -0.3 is 10.0 Å². The summed E-state index contributed by atoms with van der Waals surface area (Å²) in [5, 5.41) is 10.7. The van der Waals surface area contributed by atoms with Crippen LogP contribution in [0, 0.1) is 5.41 Å². The van der Waals surface area contributed by atoms with Crippen LogP contribution in [0.3, 0.4) is 0 Å². The minimum atomic E-state index is -1.16. The number of carbonyl (C=O) groups is 3. The number of rotatable bonds is 7. The molecular formula is C25H27Cl2NO4. The number of carboxylic acids is 1. The van der Waals surface area contributed by atoms with E-state index in [1.54, 1.807) is 30.0 Å². The summed E-state index contributed by atoms with van der Waals surface area (Å²) in [4.78, 5) is 39.8. The molecule has 2 aromatic rings. The van der Waals surface area contributed by atoms with Crippen molar-refractivity contribution < 1.29 is 19.5 Å². The zero-order valence-electron chi connectivity index (χ0n) is 18.3. The number of piperidine rings is 1. The molecule has 0 spiro atoms. The number of hydrogen-bond donors (Lipinski definition) is 1. The van der Waals surface area contributed by atoms with Crippen molar-refractivity contribution >= 4 is 40.9 Å². The van der Waals surface area contributed by atoms with E-state index in [0.29, 0.717) is 22.9 Å². The molecule has 5 nitrogen and oxygen atoms in total. The number of benzene rings is 2. The van der Waals surface area contributed by atoms with Crippen molar-refractivity contribution in [2.45, 2.75) is 58.0 Å². The number of likely N-dealkylation sites (tertiary alicyclic amines) is 1.